The van der Waals surface area contributed by atoms with E-state index in [9.17, 15) is 8.42 Å². The van der Waals surface area contributed by atoms with Crippen LogP contribution in [0.25, 0.3) is 0 Å². The van der Waals surface area contributed by atoms with Crippen LogP contribution in [0.5, 0.6) is 5.75 Å². The maximum Gasteiger partial charge on any atom is 0.241 e. The van der Waals surface area contributed by atoms with Crippen molar-refractivity contribution in [2.75, 3.05) is 20.2 Å². The summed E-state index contributed by atoms with van der Waals surface area (Å²) in [5.41, 5.74) is 5.30. The smallest absolute Gasteiger partial charge is 0.241 e. The molecule has 0 fully saturated rings. The van der Waals surface area contributed by atoms with Gasteiger partial charge in [-0.15, -0.1) is 12.4 Å². The van der Waals surface area contributed by atoms with Crippen LogP contribution in [0.4, 0.5) is 0 Å². The molecule has 0 saturated heterocycles. The molecule has 0 amide bonds. The van der Waals surface area contributed by atoms with Crippen LogP contribution in [0.15, 0.2) is 27.6 Å². The highest BCUT2D eigenvalue weighted by Crippen LogP contribution is 2.26. The Labute approximate surface area is 122 Å². The maximum atomic E-state index is 11.9. The summed E-state index contributed by atoms with van der Waals surface area (Å²) in [7, 11) is -1.97. The van der Waals surface area contributed by atoms with Crippen LogP contribution in [0.3, 0.4) is 0 Å². The van der Waals surface area contributed by atoms with Gasteiger partial charge >= 0.3 is 0 Å². The van der Waals surface area contributed by atoms with E-state index in [1.165, 1.54) is 13.2 Å². The highest BCUT2D eigenvalue weighted by atomic mass is 79.9. The molecule has 0 unspecified atom stereocenters. The van der Waals surface area contributed by atoms with E-state index in [1.54, 1.807) is 12.1 Å². The number of benzene rings is 1. The van der Waals surface area contributed by atoms with Crippen LogP contribution in [0.2, 0.25) is 0 Å². The molecule has 104 valence electrons. The molecule has 0 saturated carbocycles. The van der Waals surface area contributed by atoms with Crippen molar-refractivity contribution >= 4 is 38.4 Å². The lowest BCUT2D eigenvalue weighted by molar-refractivity contribution is 0.414. The first-order chi connectivity index (χ1) is 8.01. The molecule has 0 bridgehead atoms. The fourth-order valence-electron chi connectivity index (χ4n) is 1.21. The number of sulfonamides is 1. The van der Waals surface area contributed by atoms with E-state index in [2.05, 4.69) is 20.7 Å². The van der Waals surface area contributed by atoms with E-state index in [-0.39, 0.29) is 17.3 Å². The minimum atomic E-state index is -3.50. The van der Waals surface area contributed by atoms with Gasteiger partial charge in [0.05, 0.1) is 12.0 Å². The van der Waals surface area contributed by atoms with Gasteiger partial charge in [-0.25, -0.2) is 13.1 Å². The van der Waals surface area contributed by atoms with E-state index in [1.807, 2.05) is 0 Å². The van der Waals surface area contributed by atoms with E-state index >= 15 is 0 Å². The molecule has 1 rings (SSSR count). The molecule has 0 aromatic heterocycles. The van der Waals surface area contributed by atoms with Crippen molar-refractivity contribution in [1.82, 2.24) is 4.72 Å². The molecule has 1 aromatic rings. The second-order valence-electron chi connectivity index (χ2n) is 3.34. The van der Waals surface area contributed by atoms with Crippen LogP contribution >= 0.6 is 28.3 Å². The van der Waals surface area contributed by atoms with E-state index in [0.29, 0.717) is 29.7 Å². The number of halogens is 2. The first-order valence-electron chi connectivity index (χ1n) is 5.04. The molecule has 1 aromatic carbocycles. The van der Waals surface area contributed by atoms with Crippen LogP contribution in [0.1, 0.15) is 6.42 Å². The third-order valence-electron chi connectivity index (χ3n) is 2.10. The Bertz CT molecular complexity index is 482. The van der Waals surface area contributed by atoms with Crippen molar-refractivity contribution in [2.45, 2.75) is 11.3 Å². The zero-order chi connectivity index (χ0) is 12.9. The first kappa shape index (κ1) is 17.7. The zero-order valence-corrected chi connectivity index (χ0v) is 13.1. The lowest BCUT2D eigenvalue weighted by Gasteiger charge is -2.09. The van der Waals surface area contributed by atoms with Gasteiger partial charge in [-0.1, -0.05) is 0 Å². The Kier molecular flexibility index (Phi) is 7.81. The molecular formula is C10H16BrClN2O3S. The number of ether oxygens (including phenoxy) is 1. The summed E-state index contributed by atoms with van der Waals surface area (Å²) in [6.07, 6.45) is 0.604. The van der Waals surface area contributed by atoms with Gasteiger partial charge < -0.3 is 10.5 Å². The van der Waals surface area contributed by atoms with Gasteiger partial charge in [0, 0.05) is 11.0 Å². The van der Waals surface area contributed by atoms with Crippen molar-refractivity contribution in [3.63, 3.8) is 0 Å². The summed E-state index contributed by atoms with van der Waals surface area (Å²) in [5, 5.41) is 0. The largest absolute Gasteiger partial charge is 0.497 e. The number of methoxy groups -OCH3 is 1. The minimum Gasteiger partial charge on any atom is -0.497 e. The molecule has 0 heterocycles. The Morgan fingerprint density at radius 2 is 2.11 bits per heavy atom. The molecule has 5 nitrogen and oxygen atoms in total. The van der Waals surface area contributed by atoms with Crippen LogP contribution < -0.4 is 15.2 Å². The molecule has 3 N–H and O–H groups in total. The third kappa shape index (κ3) is 4.74. The number of hydrogen-bond donors (Lipinski definition) is 2. The second-order valence-corrected chi connectivity index (χ2v) is 5.93. The average molecular weight is 360 g/mol. The lowest BCUT2D eigenvalue weighted by atomic mass is 10.3. The van der Waals surface area contributed by atoms with Gasteiger partial charge in [0.15, 0.2) is 0 Å². The monoisotopic (exact) mass is 358 g/mol. The van der Waals surface area contributed by atoms with Crippen LogP contribution in [-0.2, 0) is 10.0 Å². The van der Waals surface area contributed by atoms with E-state index in [0.717, 1.165) is 0 Å². The second kappa shape index (κ2) is 7.96. The number of nitrogens with two attached hydrogens (primary N) is 1. The highest BCUT2D eigenvalue weighted by Gasteiger charge is 2.17. The van der Waals surface area contributed by atoms with Gasteiger partial charge in [-0.2, -0.15) is 0 Å². The van der Waals surface area contributed by atoms with E-state index < -0.39 is 10.0 Å². The summed E-state index contributed by atoms with van der Waals surface area (Å²) in [6.45, 7) is 0.781. The standard InChI is InChI=1S/C10H15BrN2O3S.ClH/c1-16-8-3-4-10(9(11)7-8)17(14,15)13-6-2-5-12;/h3-4,7,13H,2,5-6,12H2,1H3;1H. The number of nitrogens with one attached hydrogen (secondary N) is 1. The average Bonchev–Trinajstić information content (AvgIpc) is 2.28. The topological polar surface area (TPSA) is 81.4 Å². The lowest BCUT2D eigenvalue weighted by Crippen LogP contribution is -2.26. The predicted molar refractivity (Wildman–Crippen MR) is 76.8 cm³/mol. The Hall–Kier alpha value is -0.340. The van der Waals surface area contributed by atoms with Gasteiger partial charge in [0.1, 0.15) is 5.75 Å². The predicted octanol–water partition coefficient (Wildman–Crippen LogP) is 1.51. The quantitative estimate of drug-likeness (QED) is 0.754. The number of rotatable bonds is 6. The fraction of sp³-hybridized carbons (Fsp3) is 0.400. The van der Waals surface area contributed by atoms with Crippen LogP contribution in [0, 0.1) is 0 Å². The molecule has 0 aliphatic heterocycles. The summed E-state index contributed by atoms with van der Waals surface area (Å²) >= 11 is 3.21. The zero-order valence-electron chi connectivity index (χ0n) is 9.85. The molecule has 8 heteroatoms. The number of hydrogen-bond acceptors (Lipinski definition) is 4. The Morgan fingerprint density at radius 3 is 2.61 bits per heavy atom. The van der Waals surface area contributed by atoms with Crippen molar-refractivity contribution in [2.24, 2.45) is 5.73 Å². The SMILES string of the molecule is COc1ccc(S(=O)(=O)NCCCN)c(Br)c1.Cl. The van der Waals surface area contributed by atoms with E-state index in [4.69, 9.17) is 10.5 Å². The fourth-order valence-corrected chi connectivity index (χ4v) is 3.34. The summed E-state index contributed by atoms with van der Waals surface area (Å²) < 4.78 is 31.8. The van der Waals surface area contributed by atoms with Crippen molar-refractivity contribution in [1.29, 1.82) is 0 Å². The summed E-state index contributed by atoms with van der Waals surface area (Å²) in [6, 6.07) is 4.70. The molecule has 0 aliphatic carbocycles. The first-order valence-corrected chi connectivity index (χ1v) is 7.32. The highest BCUT2D eigenvalue weighted by molar-refractivity contribution is 9.10. The molecule has 0 spiro atoms. The van der Waals surface area contributed by atoms with Crippen molar-refractivity contribution in [3.8, 4) is 5.75 Å². The molecule has 0 radical (unpaired) electrons. The van der Waals surface area contributed by atoms with Crippen molar-refractivity contribution in [3.05, 3.63) is 22.7 Å². The molecule has 0 aliphatic rings. The van der Waals surface area contributed by atoms with Gasteiger partial charge in [0.2, 0.25) is 10.0 Å². The Morgan fingerprint density at radius 1 is 1.44 bits per heavy atom. The minimum absolute atomic E-state index is 0. The van der Waals surface area contributed by atoms with Gasteiger partial charge in [-0.05, 0) is 47.1 Å². The van der Waals surface area contributed by atoms with Gasteiger partial charge in [0.25, 0.3) is 0 Å². The molecule has 0 atom stereocenters. The summed E-state index contributed by atoms with van der Waals surface area (Å²) in [5.74, 6) is 0.595. The van der Waals surface area contributed by atoms with Gasteiger partial charge in [-0.3, -0.25) is 0 Å². The summed E-state index contributed by atoms with van der Waals surface area (Å²) in [4.78, 5) is 0.190. The normalized spacial score (nSPS) is 10.8. The van der Waals surface area contributed by atoms with Crippen LogP contribution in [-0.4, -0.2) is 28.6 Å². The molecule has 18 heavy (non-hydrogen) atoms. The third-order valence-corrected chi connectivity index (χ3v) is 4.54. The van der Waals surface area contributed by atoms with Crippen molar-refractivity contribution < 1.29 is 13.2 Å². The molecular weight excluding hydrogens is 344 g/mol. The Balaban J connectivity index is 0.00000289. The maximum absolute atomic E-state index is 11.9.